The lowest BCUT2D eigenvalue weighted by Crippen LogP contribution is -2.49. The third kappa shape index (κ3) is 5.35. The zero-order valence-corrected chi connectivity index (χ0v) is 19.8. The van der Waals surface area contributed by atoms with Gasteiger partial charge in [0, 0.05) is 43.7 Å². The highest BCUT2D eigenvalue weighted by atomic mass is 32.2. The van der Waals surface area contributed by atoms with E-state index in [1.165, 1.54) is 41.3 Å². The van der Waals surface area contributed by atoms with Gasteiger partial charge in [-0.05, 0) is 59.7 Å². The Labute approximate surface area is 204 Å². The van der Waals surface area contributed by atoms with E-state index < -0.39 is 39.1 Å². The minimum absolute atomic E-state index is 0.0203. The molecule has 3 aromatic rings. The van der Waals surface area contributed by atoms with Crippen LogP contribution in [-0.2, 0) is 16.0 Å². The van der Waals surface area contributed by atoms with Gasteiger partial charge in [0.05, 0.1) is 10.5 Å². The van der Waals surface area contributed by atoms with Gasteiger partial charge in [0.1, 0.15) is 0 Å². The molecule has 1 aliphatic heterocycles. The van der Waals surface area contributed by atoms with E-state index in [1.54, 1.807) is 0 Å². The summed E-state index contributed by atoms with van der Waals surface area (Å²) in [7, 11) is -3.66. The number of benzene rings is 3. The van der Waals surface area contributed by atoms with Gasteiger partial charge in [-0.15, -0.1) is 0 Å². The fourth-order valence-corrected chi connectivity index (χ4v) is 4.69. The van der Waals surface area contributed by atoms with Crippen molar-refractivity contribution in [1.29, 1.82) is 0 Å². The van der Waals surface area contributed by atoms with Crippen LogP contribution in [0, 0.1) is 11.6 Å². The fraction of sp³-hybridized carbons (Fsp3) is 0.240. The summed E-state index contributed by atoms with van der Waals surface area (Å²) < 4.78 is 90.0. The Morgan fingerprint density at radius 3 is 2.03 bits per heavy atom. The average Bonchev–Trinajstić information content (AvgIpc) is 2.84. The SMILES string of the molecule is CS(=O)(=O)c1ccc(-c2ccc(F)c(F)c2)c(C(=O)N2CCN(c3ccc(C(F)(F)F)cc3)CC2)c1. The molecule has 0 aliphatic carbocycles. The highest BCUT2D eigenvalue weighted by molar-refractivity contribution is 7.90. The van der Waals surface area contributed by atoms with Crippen molar-refractivity contribution in [2.45, 2.75) is 11.1 Å². The lowest BCUT2D eigenvalue weighted by molar-refractivity contribution is -0.137. The number of anilines is 1. The normalized spacial score (nSPS) is 14.7. The molecule has 0 unspecified atom stereocenters. The van der Waals surface area contributed by atoms with Gasteiger partial charge >= 0.3 is 6.18 Å². The molecule has 4 rings (SSSR count). The van der Waals surface area contributed by atoms with Crippen molar-refractivity contribution in [3.63, 3.8) is 0 Å². The molecule has 3 aromatic carbocycles. The maximum atomic E-state index is 13.9. The first-order valence-electron chi connectivity index (χ1n) is 10.9. The Kier molecular flexibility index (Phi) is 6.78. The second-order valence-electron chi connectivity index (χ2n) is 8.43. The number of piperazine rings is 1. The molecule has 1 heterocycles. The molecule has 0 radical (unpaired) electrons. The van der Waals surface area contributed by atoms with E-state index in [2.05, 4.69) is 0 Å². The fourth-order valence-electron chi connectivity index (χ4n) is 4.05. The Hall–Kier alpha value is -3.47. The molecule has 0 saturated carbocycles. The summed E-state index contributed by atoms with van der Waals surface area (Å²) in [6.45, 7) is 1.12. The maximum Gasteiger partial charge on any atom is 0.416 e. The molecule has 11 heteroatoms. The average molecular weight is 525 g/mol. The number of hydrogen-bond donors (Lipinski definition) is 0. The van der Waals surface area contributed by atoms with Crippen LogP contribution in [0.4, 0.5) is 27.6 Å². The minimum Gasteiger partial charge on any atom is -0.368 e. The summed E-state index contributed by atoms with van der Waals surface area (Å²) >= 11 is 0. The van der Waals surface area contributed by atoms with Crippen LogP contribution in [0.5, 0.6) is 0 Å². The predicted molar refractivity (Wildman–Crippen MR) is 124 cm³/mol. The smallest absolute Gasteiger partial charge is 0.368 e. The van der Waals surface area contributed by atoms with Crippen LogP contribution < -0.4 is 4.90 Å². The standard InChI is InChI=1S/C25H21F5N2O3S/c1-36(34,35)19-7-8-20(16-2-9-22(26)23(27)14-16)21(15-19)24(33)32-12-10-31(11-13-32)18-5-3-17(4-6-18)25(28,29)30/h2-9,14-15H,10-13H2,1H3. The van der Waals surface area contributed by atoms with Gasteiger partial charge in [0.15, 0.2) is 21.5 Å². The molecule has 36 heavy (non-hydrogen) atoms. The number of nitrogens with zero attached hydrogens (tertiary/aromatic N) is 2. The van der Waals surface area contributed by atoms with Gasteiger partial charge in [0.2, 0.25) is 0 Å². The van der Waals surface area contributed by atoms with Crippen molar-refractivity contribution in [2.24, 2.45) is 0 Å². The Bertz CT molecular complexity index is 1400. The number of hydrogen-bond acceptors (Lipinski definition) is 4. The van der Waals surface area contributed by atoms with Gasteiger partial charge in [-0.2, -0.15) is 13.2 Å². The lowest BCUT2D eigenvalue weighted by atomic mass is 9.98. The van der Waals surface area contributed by atoms with Crippen molar-refractivity contribution < 1.29 is 35.2 Å². The first kappa shape index (κ1) is 25.6. The van der Waals surface area contributed by atoms with Crippen molar-refractivity contribution in [3.8, 4) is 11.1 Å². The molecule has 0 atom stereocenters. The molecular formula is C25H21F5N2O3S. The van der Waals surface area contributed by atoms with Crippen molar-refractivity contribution in [1.82, 2.24) is 4.90 Å². The van der Waals surface area contributed by atoms with Gasteiger partial charge in [-0.1, -0.05) is 12.1 Å². The van der Waals surface area contributed by atoms with Gasteiger partial charge in [0.25, 0.3) is 5.91 Å². The molecule has 1 saturated heterocycles. The van der Waals surface area contributed by atoms with Crippen LogP contribution in [0.25, 0.3) is 11.1 Å². The Morgan fingerprint density at radius 2 is 1.47 bits per heavy atom. The second kappa shape index (κ2) is 9.53. The highest BCUT2D eigenvalue weighted by Crippen LogP contribution is 2.32. The van der Waals surface area contributed by atoms with E-state index in [-0.39, 0.29) is 34.7 Å². The van der Waals surface area contributed by atoms with Crippen LogP contribution in [0.2, 0.25) is 0 Å². The number of carbonyl (C=O) groups excluding carboxylic acids is 1. The van der Waals surface area contributed by atoms with E-state index in [0.717, 1.165) is 30.5 Å². The van der Waals surface area contributed by atoms with Gasteiger partial charge < -0.3 is 9.80 Å². The third-order valence-corrected chi connectivity index (χ3v) is 7.12. The van der Waals surface area contributed by atoms with Crippen LogP contribution in [0.1, 0.15) is 15.9 Å². The largest absolute Gasteiger partial charge is 0.416 e. The molecule has 1 fully saturated rings. The molecular weight excluding hydrogens is 503 g/mol. The van der Waals surface area contributed by atoms with Crippen molar-refractivity contribution >= 4 is 21.4 Å². The zero-order valence-electron chi connectivity index (χ0n) is 19.0. The highest BCUT2D eigenvalue weighted by Gasteiger charge is 2.31. The molecule has 190 valence electrons. The number of halogens is 5. The van der Waals surface area contributed by atoms with Crippen LogP contribution in [0.3, 0.4) is 0 Å². The molecule has 0 bridgehead atoms. The third-order valence-electron chi connectivity index (χ3n) is 6.01. The van der Waals surface area contributed by atoms with Crippen molar-refractivity contribution in [3.05, 3.63) is 83.4 Å². The molecule has 1 amide bonds. The van der Waals surface area contributed by atoms with Crippen molar-refractivity contribution in [2.75, 3.05) is 37.3 Å². The lowest BCUT2D eigenvalue weighted by Gasteiger charge is -2.36. The van der Waals surface area contributed by atoms with Crippen LogP contribution >= 0.6 is 0 Å². The van der Waals surface area contributed by atoms with Crippen LogP contribution in [-0.4, -0.2) is 51.7 Å². The summed E-state index contributed by atoms with van der Waals surface area (Å²) in [5.41, 5.74) is 0.302. The molecule has 0 N–H and O–H groups in total. The van der Waals surface area contributed by atoms with E-state index in [4.69, 9.17) is 0 Å². The number of sulfone groups is 1. The molecule has 0 aromatic heterocycles. The topological polar surface area (TPSA) is 57.7 Å². The van der Waals surface area contributed by atoms with E-state index in [1.807, 2.05) is 4.90 Å². The summed E-state index contributed by atoms with van der Waals surface area (Å²) in [5.74, 6) is -2.66. The van der Waals surface area contributed by atoms with Crippen LogP contribution in [0.15, 0.2) is 65.6 Å². The van der Waals surface area contributed by atoms with Gasteiger partial charge in [-0.25, -0.2) is 17.2 Å². The summed E-state index contributed by atoms with van der Waals surface area (Å²) in [5, 5.41) is 0. The maximum absolute atomic E-state index is 13.9. The predicted octanol–water partition coefficient (Wildman–Crippen LogP) is 5.02. The second-order valence-corrected chi connectivity index (χ2v) is 10.4. The molecule has 5 nitrogen and oxygen atoms in total. The first-order chi connectivity index (χ1) is 16.8. The van der Waals surface area contributed by atoms with E-state index in [9.17, 15) is 35.2 Å². The zero-order chi connectivity index (χ0) is 26.3. The van der Waals surface area contributed by atoms with E-state index >= 15 is 0 Å². The Balaban J connectivity index is 1.59. The molecule has 1 aliphatic rings. The van der Waals surface area contributed by atoms with Gasteiger partial charge in [-0.3, -0.25) is 4.79 Å². The summed E-state index contributed by atoms with van der Waals surface area (Å²) in [6.07, 6.45) is -3.44. The number of carbonyl (C=O) groups is 1. The summed E-state index contributed by atoms with van der Waals surface area (Å²) in [4.78, 5) is 16.7. The quantitative estimate of drug-likeness (QED) is 0.450. The monoisotopic (exact) mass is 524 g/mol. The Morgan fingerprint density at radius 1 is 0.833 bits per heavy atom. The summed E-state index contributed by atoms with van der Waals surface area (Å²) in [6, 6.07) is 11.8. The number of rotatable bonds is 4. The number of alkyl halides is 3. The van der Waals surface area contributed by atoms with E-state index in [0.29, 0.717) is 18.8 Å². The molecule has 0 spiro atoms. The minimum atomic E-state index is -4.44. The number of amides is 1. The first-order valence-corrected chi connectivity index (χ1v) is 12.7.